The lowest BCUT2D eigenvalue weighted by atomic mass is 10.3. The first-order valence-electron chi connectivity index (χ1n) is 7.56. The van der Waals surface area contributed by atoms with Gasteiger partial charge >= 0.3 is 0 Å². The van der Waals surface area contributed by atoms with Gasteiger partial charge in [0.25, 0.3) is 0 Å². The largest absolute Gasteiger partial charge is 0.379 e. The highest BCUT2D eigenvalue weighted by atomic mass is 16.5. The van der Waals surface area contributed by atoms with Crippen LogP contribution in [0.3, 0.4) is 0 Å². The van der Waals surface area contributed by atoms with E-state index in [4.69, 9.17) is 9.47 Å². The molecule has 114 valence electrons. The van der Waals surface area contributed by atoms with Crippen LogP contribution >= 0.6 is 0 Å². The van der Waals surface area contributed by atoms with Crippen LogP contribution in [0.5, 0.6) is 0 Å². The molecule has 4 heteroatoms. The van der Waals surface area contributed by atoms with Crippen molar-refractivity contribution in [3.63, 3.8) is 0 Å². The molecule has 0 radical (unpaired) electrons. The minimum atomic E-state index is 0.469. The molecule has 4 nitrogen and oxygen atoms in total. The Morgan fingerprint density at radius 2 is 1.85 bits per heavy atom. The Balaban J connectivity index is 2.18. The zero-order chi connectivity index (χ0) is 14.6. The highest BCUT2D eigenvalue weighted by molar-refractivity contribution is 5.10. The summed E-state index contributed by atoms with van der Waals surface area (Å²) in [5.41, 5.74) is 2.03. The second kappa shape index (κ2) is 10.8. The van der Waals surface area contributed by atoms with Crippen molar-refractivity contribution >= 4 is 0 Å². The van der Waals surface area contributed by atoms with Crippen LogP contribution in [0.1, 0.15) is 45.0 Å². The lowest BCUT2D eigenvalue weighted by molar-refractivity contribution is 0.0385. The van der Waals surface area contributed by atoms with Crippen LogP contribution in [0.2, 0.25) is 0 Å². The lowest BCUT2D eigenvalue weighted by Crippen LogP contribution is -2.22. The van der Waals surface area contributed by atoms with Crippen LogP contribution in [0.25, 0.3) is 0 Å². The minimum Gasteiger partial charge on any atom is -0.379 e. The fraction of sp³-hybridized carbons (Fsp3) is 0.688. The topological polar surface area (TPSA) is 43.4 Å². The van der Waals surface area contributed by atoms with Crippen molar-refractivity contribution in [2.75, 3.05) is 19.8 Å². The molecule has 0 aromatic carbocycles. The van der Waals surface area contributed by atoms with E-state index in [0.29, 0.717) is 25.9 Å². The van der Waals surface area contributed by atoms with Crippen molar-refractivity contribution < 1.29 is 9.47 Å². The van der Waals surface area contributed by atoms with Crippen LogP contribution in [-0.4, -0.2) is 30.8 Å². The van der Waals surface area contributed by atoms with E-state index in [1.54, 1.807) is 0 Å². The van der Waals surface area contributed by atoms with Gasteiger partial charge in [-0.3, -0.25) is 4.98 Å². The van der Waals surface area contributed by atoms with E-state index in [1.165, 1.54) is 6.42 Å². The molecule has 1 aromatic heterocycles. The molecule has 1 N–H and O–H groups in total. The number of unbranched alkanes of at least 4 members (excludes halogenated alkanes) is 1. The predicted octanol–water partition coefficient (Wildman–Crippen LogP) is 2.91. The first kappa shape index (κ1) is 17.1. The Labute approximate surface area is 122 Å². The first-order valence-corrected chi connectivity index (χ1v) is 7.56. The first-order chi connectivity index (χ1) is 9.72. The van der Waals surface area contributed by atoms with Gasteiger partial charge in [0, 0.05) is 19.2 Å². The average Bonchev–Trinajstić information content (AvgIpc) is 2.45. The van der Waals surface area contributed by atoms with Gasteiger partial charge in [0.05, 0.1) is 31.2 Å². The molecule has 0 atom stereocenters. The quantitative estimate of drug-likeness (QED) is 0.633. The zero-order valence-electron chi connectivity index (χ0n) is 13.0. The summed E-state index contributed by atoms with van der Waals surface area (Å²) in [7, 11) is 0. The van der Waals surface area contributed by atoms with Crippen LogP contribution in [-0.2, 0) is 22.6 Å². The lowest BCUT2D eigenvalue weighted by Gasteiger charge is -2.09. The van der Waals surface area contributed by atoms with Gasteiger partial charge in [-0.05, 0) is 18.6 Å². The van der Waals surface area contributed by atoms with Gasteiger partial charge < -0.3 is 14.8 Å². The Kier molecular flexibility index (Phi) is 9.20. The molecule has 1 heterocycles. The van der Waals surface area contributed by atoms with E-state index in [-0.39, 0.29) is 0 Å². The van der Waals surface area contributed by atoms with E-state index in [2.05, 4.69) is 31.1 Å². The Morgan fingerprint density at radius 1 is 1.10 bits per heavy atom. The van der Waals surface area contributed by atoms with Crippen LogP contribution in [0.15, 0.2) is 18.2 Å². The average molecular weight is 280 g/mol. The van der Waals surface area contributed by atoms with Gasteiger partial charge in [0.15, 0.2) is 0 Å². The summed E-state index contributed by atoms with van der Waals surface area (Å²) in [4.78, 5) is 4.56. The zero-order valence-corrected chi connectivity index (χ0v) is 13.0. The molecule has 1 aromatic rings. The number of nitrogens with one attached hydrogen (secondary N) is 1. The maximum absolute atomic E-state index is 5.57. The molecule has 0 saturated carbocycles. The smallest absolute Gasteiger partial charge is 0.0889 e. The number of hydrogen-bond donors (Lipinski definition) is 1. The number of aromatic nitrogens is 1. The van der Waals surface area contributed by atoms with E-state index < -0.39 is 0 Å². The van der Waals surface area contributed by atoms with E-state index in [1.807, 2.05) is 18.2 Å². The molecule has 0 amide bonds. The van der Waals surface area contributed by atoms with E-state index >= 15 is 0 Å². The number of nitrogens with zero attached hydrogens (tertiary/aromatic N) is 1. The summed E-state index contributed by atoms with van der Waals surface area (Å²) in [6.45, 7) is 9.88. The molecule has 1 rings (SSSR count). The Bertz CT molecular complexity index is 356. The summed E-state index contributed by atoms with van der Waals surface area (Å²) in [5, 5.41) is 3.36. The third-order valence-electron chi connectivity index (χ3n) is 2.82. The fourth-order valence-electron chi connectivity index (χ4n) is 1.66. The summed E-state index contributed by atoms with van der Waals surface area (Å²) >= 11 is 0. The molecule has 0 saturated heterocycles. The number of ether oxygens (including phenoxy) is 2. The Hall–Kier alpha value is -0.970. The summed E-state index contributed by atoms with van der Waals surface area (Å²) in [6, 6.07) is 6.53. The van der Waals surface area contributed by atoms with Gasteiger partial charge in [-0.15, -0.1) is 0 Å². The fourth-order valence-corrected chi connectivity index (χ4v) is 1.66. The SMILES string of the molecule is CCCCOCCOCc1cccc(CNC(C)C)n1. The van der Waals surface area contributed by atoms with Crippen molar-refractivity contribution in [1.29, 1.82) is 0 Å². The molecule has 0 aliphatic heterocycles. The molecule has 0 aliphatic rings. The monoisotopic (exact) mass is 280 g/mol. The van der Waals surface area contributed by atoms with Gasteiger partial charge in [-0.1, -0.05) is 33.3 Å². The minimum absolute atomic E-state index is 0.469. The number of hydrogen-bond acceptors (Lipinski definition) is 4. The molecule has 0 fully saturated rings. The van der Waals surface area contributed by atoms with Gasteiger partial charge in [-0.25, -0.2) is 0 Å². The molecule has 0 spiro atoms. The second-order valence-electron chi connectivity index (χ2n) is 5.17. The van der Waals surface area contributed by atoms with E-state index in [9.17, 15) is 0 Å². The molecular weight excluding hydrogens is 252 g/mol. The van der Waals surface area contributed by atoms with E-state index in [0.717, 1.165) is 31.0 Å². The van der Waals surface area contributed by atoms with Crippen molar-refractivity contribution in [3.05, 3.63) is 29.6 Å². The second-order valence-corrected chi connectivity index (χ2v) is 5.17. The highest BCUT2D eigenvalue weighted by Crippen LogP contribution is 2.02. The normalized spacial score (nSPS) is 11.2. The van der Waals surface area contributed by atoms with Crippen molar-refractivity contribution in [2.45, 2.75) is 52.8 Å². The molecule has 0 aliphatic carbocycles. The van der Waals surface area contributed by atoms with Crippen LogP contribution in [0.4, 0.5) is 0 Å². The summed E-state index contributed by atoms with van der Waals surface area (Å²) < 4.78 is 11.0. The predicted molar refractivity (Wildman–Crippen MR) is 81.6 cm³/mol. The van der Waals surface area contributed by atoms with Gasteiger partial charge in [0.1, 0.15) is 0 Å². The van der Waals surface area contributed by atoms with Gasteiger partial charge in [-0.2, -0.15) is 0 Å². The van der Waals surface area contributed by atoms with Crippen LogP contribution in [0, 0.1) is 0 Å². The standard InChI is InChI=1S/C16H28N2O2/c1-4-5-9-19-10-11-20-13-16-8-6-7-15(18-16)12-17-14(2)3/h6-8,14,17H,4-5,9-13H2,1-3H3. The van der Waals surface area contributed by atoms with Crippen molar-refractivity contribution in [3.8, 4) is 0 Å². The Morgan fingerprint density at radius 3 is 2.60 bits per heavy atom. The van der Waals surface area contributed by atoms with Crippen LogP contribution < -0.4 is 5.32 Å². The molecular formula is C16H28N2O2. The third-order valence-corrected chi connectivity index (χ3v) is 2.82. The highest BCUT2D eigenvalue weighted by Gasteiger charge is 2.00. The summed E-state index contributed by atoms with van der Waals surface area (Å²) in [5.74, 6) is 0. The maximum Gasteiger partial charge on any atom is 0.0889 e. The third kappa shape index (κ3) is 8.25. The maximum atomic E-state index is 5.57. The molecule has 20 heavy (non-hydrogen) atoms. The summed E-state index contributed by atoms with van der Waals surface area (Å²) in [6.07, 6.45) is 2.29. The number of pyridine rings is 1. The van der Waals surface area contributed by atoms with Crippen molar-refractivity contribution in [2.24, 2.45) is 0 Å². The van der Waals surface area contributed by atoms with Gasteiger partial charge in [0.2, 0.25) is 0 Å². The number of rotatable bonds is 11. The van der Waals surface area contributed by atoms with Crippen molar-refractivity contribution in [1.82, 2.24) is 10.3 Å². The molecule has 0 bridgehead atoms. The molecule has 0 unspecified atom stereocenters.